The molecule has 0 amide bonds. The molecule has 15 heavy (non-hydrogen) atoms. The van der Waals surface area contributed by atoms with E-state index in [1.54, 1.807) is 13.1 Å². The van der Waals surface area contributed by atoms with Crippen molar-refractivity contribution in [3.8, 4) is 0 Å². The molecule has 0 radical (unpaired) electrons. The summed E-state index contributed by atoms with van der Waals surface area (Å²) in [5.74, 6) is -0.286. The molecule has 4 heteroatoms. The average Bonchev–Trinajstić information content (AvgIpc) is 2.29. The summed E-state index contributed by atoms with van der Waals surface area (Å²) in [5, 5.41) is 3.24. The number of carbonyl (C=O) groups excluding carboxylic acids is 1. The summed E-state index contributed by atoms with van der Waals surface area (Å²) in [5.41, 5.74) is 2.74. The largest absolute Gasteiger partial charge is 1.00 e. The maximum Gasteiger partial charge on any atom is 1.00 e. The topological polar surface area (TPSA) is 51.2 Å². The van der Waals surface area contributed by atoms with Crippen molar-refractivity contribution >= 4 is 5.97 Å². The minimum Gasteiger partial charge on any atom is -0.462 e. The normalized spacial score (nSPS) is 14.5. The lowest BCUT2D eigenvalue weighted by atomic mass is 10.0. The minimum atomic E-state index is -0.286. The van der Waals surface area contributed by atoms with Crippen LogP contribution in [0.4, 0.5) is 0 Å². The Hall–Kier alpha value is -1.42. The van der Waals surface area contributed by atoms with Gasteiger partial charge in [0.25, 0.3) is 0 Å². The van der Waals surface area contributed by atoms with Crippen LogP contribution in [0.1, 0.15) is 30.0 Å². The Balaban J connectivity index is 0.00000128. The third-order valence-electron chi connectivity index (χ3n) is 2.43. The van der Waals surface area contributed by atoms with Gasteiger partial charge in [0.1, 0.15) is 0 Å². The highest BCUT2D eigenvalue weighted by Crippen LogP contribution is 2.13. The molecule has 4 nitrogen and oxygen atoms in total. The van der Waals surface area contributed by atoms with Gasteiger partial charge in [0.15, 0.2) is 0 Å². The predicted molar refractivity (Wildman–Crippen MR) is 56.7 cm³/mol. The fourth-order valence-corrected chi connectivity index (χ4v) is 1.67. The molecule has 80 valence electrons. The van der Waals surface area contributed by atoms with Gasteiger partial charge < -0.3 is 10.1 Å². The Labute approximate surface area is 90.1 Å². The highest BCUT2D eigenvalue weighted by molar-refractivity contribution is 5.89. The van der Waals surface area contributed by atoms with Gasteiger partial charge in [-0.2, -0.15) is 0 Å². The molecule has 1 aliphatic heterocycles. The maximum absolute atomic E-state index is 11.5. The van der Waals surface area contributed by atoms with Crippen molar-refractivity contribution in [1.29, 1.82) is 0 Å². The van der Waals surface area contributed by atoms with Crippen molar-refractivity contribution < 1.29 is 11.0 Å². The number of fused-ring (bicyclic) bond motifs is 1. The number of nitrogens with one attached hydrogen (secondary N) is 1. The first kappa shape index (κ1) is 10.1. The second kappa shape index (κ2) is 4.40. The van der Waals surface area contributed by atoms with Crippen LogP contribution in [0.25, 0.3) is 0 Å². The standard InChI is InChI=1S/C11H14N2O2/c1-2-15-11(14)9-5-8-3-4-12-7-10(8)13-6-9/h5-6,12H,2-4,7H2,1H3/p+1. The van der Waals surface area contributed by atoms with Gasteiger partial charge >= 0.3 is 7.40 Å². The number of ether oxygens (including phenoxy) is 1. The van der Waals surface area contributed by atoms with E-state index in [1.165, 1.54) is 0 Å². The molecule has 1 N–H and O–H groups in total. The fourth-order valence-electron chi connectivity index (χ4n) is 1.67. The lowest BCUT2D eigenvalue weighted by molar-refractivity contribution is 0.0525. The van der Waals surface area contributed by atoms with E-state index in [0.717, 1.165) is 30.8 Å². The zero-order chi connectivity index (χ0) is 10.7. The molecule has 0 atom stereocenters. The van der Waals surface area contributed by atoms with Crippen LogP contribution in [-0.4, -0.2) is 24.1 Å². The second-order valence-electron chi connectivity index (χ2n) is 3.48. The van der Waals surface area contributed by atoms with E-state index in [2.05, 4.69) is 10.3 Å². The number of hydrogen-bond acceptors (Lipinski definition) is 4. The van der Waals surface area contributed by atoms with Crippen LogP contribution in [0.5, 0.6) is 0 Å². The number of hydrogen-bond donors (Lipinski definition) is 1. The second-order valence-corrected chi connectivity index (χ2v) is 3.48. The summed E-state index contributed by atoms with van der Waals surface area (Å²) in [6.07, 6.45) is 2.51. The average molecular weight is 207 g/mol. The molecule has 0 aromatic carbocycles. The zero-order valence-corrected chi connectivity index (χ0v) is 8.75. The van der Waals surface area contributed by atoms with Gasteiger partial charge in [-0.1, -0.05) is 0 Å². The molecule has 0 aliphatic carbocycles. The third kappa shape index (κ3) is 2.15. The number of carbonyl (C=O) groups is 1. The number of rotatable bonds is 2. The molecule has 1 aromatic heterocycles. The van der Waals surface area contributed by atoms with E-state index in [1.807, 2.05) is 6.07 Å². The van der Waals surface area contributed by atoms with Crippen molar-refractivity contribution in [2.75, 3.05) is 13.2 Å². The van der Waals surface area contributed by atoms with E-state index in [-0.39, 0.29) is 7.40 Å². The van der Waals surface area contributed by atoms with Gasteiger partial charge in [0.05, 0.1) is 17.9 Å². The monoisotopic (exact) mass is 207 g/mol. The molecule has 1 aromatic rings. The van der Waals surface area contributed by atoms with Gasteiger partial charge in [-0.15, -0.1) is 0 Å². The molecule has 2 rings (SSSR count). The molecule has 0 bridgehead atoms. The lowest BCUT2D eigenvalue weighted by Crippen LogP contribution is -2.25. The summed E-state index contributed by atoms with van der Waals surface area (Å²) < 4.78 is 4.92. The van der Waals surface area contributed by atoms with Crippen molar-refractivity contribution in [2.24, 2.45) is 0 Å². The quantitative estimate of drug-likeness (QED) is 0.735. The molecule has 2 heterocycles. The zero-order valence-electron chi connectivity index (χ0n) is 9.75. The summed E-state index contributed by atoms with van der Waals surface area (Å²) in [6, 6.07) is 1.89. The molecule has 0 fully saturated rings. The summed E-state index contributed by atoms with van der Waals surface area (Å²) in [4.78, 5) is 15.7. The van der Waals surface area contributed by atoms with Crippen molar-refractivity contribution in [3.63, 3.8) is 0 Å². The number of aromatic nitrogens is 1. The number of pyridine rings is 1. The first-order valence-electron chi connectivity index (χ1n) is 5.17. The van der Waals surface area contributed by atoms with Crippen LogP contribution >= 0.6 is 0 Å². The lowest BCUT2D eigenvalue weighted by Gasteiger charge is -2.16. The van der Waals surface area contributed by atoms with Gasteiger partial charge in [-0.05, 0) is 31.5 Å². The van der Waals surface area contributed by atoms with Crippen LogP contribution in [0, 0.1) is 0 Å². The first-order chi connectivity index (χ1) is 7.31. The predicted octanol–water partition coefficient (Wildman–Crippen LogP) is 1.02. The van der Waals surface area contributed by atoms with E-state index in [4.69, 9.17) is 4.74 Å². The number of nitrogens with zero attached hydrogens (tertiary/aromatic N) is 1. The molecule has 0 saturated heterocycles. The van der Waals surface area contributed by atoms with Crippen LogP contribution in [0.3, 0.4) is 0 Å². The molecule has 0 saturated carbocycles. The Morgan fingerprint density at radius 1 is 1.73 bits per heavy atom. The van der Waals surface area contributed by atoms with Gasteiger partial charge in [0, 0.05) is 12.7 Å². The Morgan fingerprint density at radius 2 is 2.60 bits per heavy atom. The molecular formula is C11H15N2O2+. The minimum absolute atomic E-state index is 0. The molecule has 1 aliphatic rings. The smallest absolute Gasteiger partial charge is 0.462 e. The van der Waals surface area contributed by atoms with E-state index in [0.29, 0.717) is 12.2 Å². The van der Waals surface area contributed by atoms with E-state index < -0.39 is 0 Å². The van der Waals surface area contributed by atoms with Crippen LogP contribution in [-0.2, 0) is 17.7 Å². The van der Waals surface area contributed by atoms with Crippen molar-refractivity contribution in [2.45, 2.75) is 19.9 Å². The highest BCUT2D eigenvalue weighted by atomic mass is 16.5. The van der Waals surface area contributed by atoms with Crippen molar-refractivity contribution in [1.82, 2.24) is 10.3 Å². The summed E-state index contributed by atoms with van der Waals surface area (Å²) in [7, 11) is 0. The Kier molecular flexibility index (Phi) is 2.97. The van der Waals surface area contributed by atoms with Crippen molar-refractivity contribution in [3.05, 3.63) is 29.1 Å². The SMILES string of the molecule is CCOC(=O)c1cnc2c(c1)CCNC2.[H+]. The molecular weight excluding hydrogens is 192 g/mol. The van der Waals surface area contributed by atoms with Gasteiger partial charge in [-0.25, -0.2) is 4.79 Å². The molecule has 0 spiro atoms. The van der Waals surface area contributed by atoms with Gasteiger partial charge in [-0.3, -0.25) is 4.98 Å². The van der Waals surface area contributed by atoms with Crippen LogP contribution in [0.15, 0.2) is 12.3 Å². The summed E-state index contributed by atoms with van der Waals surface area (Å²) >= 11 is 0. The van der Waals surface area contributed by atoms with Crippen LogP contribution in [0.2, 0.25) is 0 Å². The summed E-state index contributed by atoms with van der Waals surface area (Å²) in [6.45, 7) is 3.94. The van der Waals surface area contributed by atoms with Crippen LogP contribution < -0.4 is 5.32 Å². The number of esters is 1. The highest BCUT2D eigenvalue weighted by Gasteiger charge is 2.13. The fraction of sp³-hybridized carbons (Fsp3) is 0.455. The Morgan fingerprint density at radius 3 is 3.40 bits per heavy atom. The van der Waals surface area contributed by atoms with Gasteiger partial charge in [0.2, 0.25) is 0 Å². The Bertz CT molecular complexity index is 382. The van der Waals surface area contributed by atoms with E-state index >= 15 is 0 Å². The molecule has 0 unspecified atom stereocenters. The first-order valence-corrected chi connectivity index (χ1v) is 5.17. The maximum atomic E-state index is 11.5. The third-order valence-corrected chi connectivity index (χ3v) is 2.43. The van der Waals surface area contributed by atoms with E-state index in [9.17, 15) is 4.79 Å².